The van der Waals surface area contributed by atoms with Crippen molar-refractivity contribution in [3.8, 4) is 0 Å². The van der Waals surface area contributed by atoms with Gasteiger partial charge in [-0.2, -0.15) is 0 Å². The van der Waals surface area contributed by atoms with Crippen LogP contribution in [-0.4, -0.2) is 75.7 Å². The zero-order chi connectivity index (χ0) is 16.0. The third kappa shape index (κ3) is 6.03. The maximum atomic E-state index is 13.1. The molecule has 1 N–H and O–H groups in total. The number of carbonyl (C=O) groups is 1. The normalized spacial score (nSPS) is 22.8. The van der Waals surface area contributed by atoms with Gasteiger partial charge in [-0.3, -0.25) is 4.79 Å². The van der Waals surface area contributed by atoms with Crippen molar-refractivity contribution in [2.24, 2.45) is 11.3 Å². The number of likely N-dealkylation sites (tertiary alicyclic amines) is 1. The third-order valence-electron chi connectivity index (χ3n) is 5.18. The van der Waals surface area contributed by atoms with E-state index in [1.165, 1.54) is 6.42 Å². The molecule has 2 aliphatic rings. The van der Waals surface area contributed by atoms with E-state index in [2.05, 4.69) is 29.1 Å². The number of carbonyl (C=O) groups excluding carboxylic acids is 1. The molecule has 0 spiro atoms. The standard InChI is InChI=1S/C17H33N3O2.2ClH/c1-4-10-19(2)12-15-5-11-20(13-15)16(21)17(14-22-3)6-8-18-9-7-17;;/h15,18H,4-14H2,1-3H3;2*1H. The van der Waals surface area contributed by atoms with Crippen molar-refractivity contribution in [1.82, 2.24) is 15.1 Å². The molecule has 2 heterocycles. The number of piperidine rings is 1. The van der Waals surface area contributed by atoms with E-state index >= 15 is 0 Å². The number of hydrogen-bond acceptors (Lipinski definition) is 4. The lowest BCUT2D eigenvalue weighted by Gasteiger charge is -2.38. The number of nitrogens with zero attached hydrogens (tertiary/aromatic N) is 2. The molecule has 0 aromatic carbocycles. The van der Waals surface area contributed by atoms with Crippen LogP contribution in [0, 0.1) is 11.3 Å². The molecule has 2 rings (SSSR count). The van der Waals surface area contributed by atoms with Gasteiger partial charge in [0, 0.05) is 26.7 Å². The van der Waals surface area contributed by atoms with Crippen LogP contribution < -0.4 is 5.32 Å². The molecule has 2 fully saturated rings. The van der Waals surface area contributed by atoms with Gasteiger partial charge in [0.05, 0.1) is 12.0 Å². The Bertz CT molecular complexity index is 360. The molecule has 1 amide bonds. The first-order valence-corrected chi connectivity index (χ1v) is 8.79. The minimum absolute atomic E-state index is 0. The van der Waals surface area contributed by atoms with E-state index in [-0.39, 0.29) is 30.2 Å². The minimum Gasteiger partial charge on any atom is -0.384 e. The molecular formula is C17H35Cl2N3O2. The quantitative estimate of drug-likeness (QED) is 0.730. The van der Waals surface area contributed by atoms with E-state index in [9.17, 15) is 4.79 Å². The van der Waals surface area contributed by atoms with Gasteiger partial charge in [-0.05, 0) is 58.3 Å². The van der Waals surface area contributed by atoms with Crippen molar-refractivity contribution in [2.45, 2.75) is 32.6 Å². The van der Waals surface area contributed by atoms with E-state index in [1.54, 1.807) is 7.11 Å². The summed E-state index contributed by atoms with van der Waals surface area (Å²) in [6, 6.07) is 0. The van der Waals surface area contributed by atoms with Crippen LogP contribution in [0.1, 0.15) is 32.6 Å². The molecule has 0 aromatic rings. The molecular weight excluding hydrogens is 349 g/mol. The molecule has 0 radical (unpaired) electrons. The molecule has 24 heavy (non-hydrogen) atoms. The topological polar surface area (TPSA) is 44.8 Å². The largest absolute Gasteiger partial charge is 0.384 e. The van der Waals surface area contributed by atoms with Crippen molar-refractivity contribution in [1.29, 1.82) is 0 Å². The van der Waals surface area contributed by atoms with Gasteiger partial charge in [0.15, 0.2) is 0 Å². The Morgan fingerprint density at radius 3 is 2.58 bits per heavy atom. The number of nitrogens with one attached hydrogen (secondary N) is 1. The van der Waals surface area contributed by atoms with Gasteiger partial charge in [-0.1, -0.05) is 6.92 Å². The third-order valence-corrected chi connectivity index (χ3v) is 5.18. The molecule has 144 valence electrons. The van der Waals surface area contributed by atoms with Crippen molar-refractivity contribution in [2.75, 3.05) is 60.0 Å². The highest BCUT2D eigenvalue weighted by molar-refractivity contribution is 5.85. The lowest BCUT2D eigenvalue weighted by molar-refractivity contribution is -0.146. The maximum absolute atomic E-state index is 13.1. The Morgan fingerprint density at radius 1 is 1.33 bits per heavy atom. The van der Waals surface area contributed by atoms with Gasteiger partial charge in [0.25, 0.3) is 0 Å². The number of rotatable bonds is 7. The van der Waals surface area contributed by atoms with Crippen LogP contribution in [0.2, 0.25) is 0 Å². The van der Waals surface area contributed by atoms with Gasteiger partial charge in [0.2, 0.25) is 5.91 Å². The molecule has 0 bridgehead atoms. The van der Waals surface area contributed by atoms with Crippen molar-refractivity contribution in [3.05, 3.63) is 0 Å². The summed E-state index contributed by atoms with van der Waals surface area (Å²) >= 11 is 0. The smallest absolute Gasteiger partial charge is 0.231 e. The summed E-state index contributed by atoms with van der Waals surface area (Å²) in [5.41, 5.74) is -0.287. The highest BCUT2D eigenvalue weighted by Gasteiger charge is 2.43. The lowest BCUT2D eigenvalue weighted by Crippen LogP contribution is -2.51. The van der Waals surface area contributed by atoms with Crippen LogP contribution in [0.25, 0.3) is 0 Å². The van der Waals surface area contributed by atoms with Crippen molar-refractivity contribution < 1.29 is 9.53 Å². The minimum atomic E-state index is -0.287. The monoisotopic (exact) mass is 383 g/mol. The molecule has 0 saturated carbocycles. The highest BCUT2D eigenvalue weighted by atomic mass is 35.5. The summed E-state index contributed by atoms with van der Waals surface area (Å²) < 4.78 is 5.41. The van der Waals surface area contributed by atoms with Crippen LogP contribution in [0.5, 0.6) is 0 Å². The first-order valence-electron chi connectivity index (χ1n) is 8.79. The summed E-state index contributed by atoms with van der Waals surface area (Å²) in [4.78, 5) is 17.6. The van der Waals surface area contributed by atoms with Crippen LogP contribution in [0.15, 0.2) is 0 Å². The van der Waals surface area contributed by atoms with E-state index in [0.29, 0.717) is 18.4 Å². The Morgan fingerprint density at radius 2 is 2.00 bits per heavy atom. The molecule has 0 aliphatic carbocycles. The van der Waals surface area contributed by atoms with Crippen molar-refractivity contribution in [3.63, 3.8) is 0 Å². The lowest BCUT2D eigenvalue weighted by atomic mass is 9.78. The van der Waals surface area contributed by atoms with E-state index in [4.69, 9.17) is 4.74 Å². The Hall–Kier alpha value is -0.0700. The molecule has 2 aliphatic heterocycles. The SMILES string of the molecule is CCCN(C)CC1CCN(C(=O)C2(COC)CCNCC2)C1.Cl.Cl. The van der Waals surface area contributed by atoms with Crippen LogP contribution in [0.3, 0.4) is 0 Å². The fourth-order valence-electron chi connectivity index (χ4n) is 4.02. The molecule has 7 heteroatoms. The number of hydrogen-bond donors (Lipinski definition) is 1. The second kappa shape index (κ2) is 11.5. The zero-order valence-corrected chi connectivity index (χ0v) is 17.0. The molecule has 2 saturated heterocycles. The number of methoxy groups -OCH3 is 1. The van der Waals surface area contributed by atoms with Crippen LogP contribution >= 0.6 is 24.8 Å². The average Bonchev–Trinajstić information content (AvgIpc) is 2.96. The van der Waals surface area contributed by atoms with Gasteiger partial charge in [-0.15, -0.1) is 24.8 Å². The van der Waals surface area contributed by atoms with Crippen molar-refractivity contribution >= 4 is 30.7 Å². The summed E-state index contributed by atoms with van der Waals surface area (Å²) in [7, 11) is 3.90. The van der Waals surface area contributed by atoms with Gasteiger partial charge in [0.1, 0.15) is 0 Å². The van der Waals surface area contributed by atoms with Crippen LogP contribution in [0.4, 0.5) is 0 Å². The van der Waals surface area contributed by atoms with E-state index in [1.807, 2.05) is 0 Å². The number of ether oxygens (including phenoxy) is 1. The predicted octanol–water partition coefficient (Wildman–Crippen LogP) is 2.04. The summed E-state index contributed by atoms with van der Waals surface area (Å²) in [6.45, 7) is 8.71. The molecule has 5 nitrogen and oxygen atoms in total. The zero-order valence-electron chi connectivity index (χ0n) is 15.4. The Labute approximate surface area is 159 Å². The van der Waals surface area contributed by atoms with E-state index in [0.717, 1.165) is 58.5 Å². The molecule has 1 atom stereocenters. The summed E-state index contributed by atoms with van der Waals surface area (Å²) in [5.74, 6) is 0.957. The van der Waals surface area contributed by atoms with Gasteiger partial charge in [-0.25, -0.2) is 0 Å². The number of amides is 1. The fourth-order valence-corrected chi connectivity index (χ4v) is 4.02. The average molecular weight is 384 g/mol. The maximum Gasteiger partial charge on any atom is 0.231 e. The Balaban J connectivity index is 0.00000264. The second-order valence-corrected chi connectivity index (χ2v) is 7.13. The number of halogens is 2. The highest BCUT2D eigenvalue weighted by Crippen LogP contribution is 2.33. The first kappa shape index (κ1) is 23.9. The van der Waals surface area contributed by atoms with Gasteiger partial charge >= 0.3 is 0 Å². The van der Waals surface area contributed by atoms with Gasteiger partial charge < -0.3 is 19.9 Å². The van der Waals surface area contributed by atoms with E-state index < -0.39 is 0 Å². The summed E-state index contributed by atoms with van der Waals surface area (Å²) in [5, 5.41) is 3.36. The fraction of sp³-hybridized carbons (Fsp3) is 0.941. The second-order valence-electron chi connectivity index (χ2n) is 7.13. The van der Waals surface area contributed by atoms with Crippen LogP contribution in [-0.2, 0) is 9.53 Å². The Kier molecular flexibility index (Phi) is 11.5. The summed E-state index contributed by atoms with van der Waals surface area (Å²) in [6.07, 6.45) is 4.13. The molecule has 0 aromatic heterocycles. The predicted molar refractivity (Wildman–Crippen MR) is 103 cm³/mol. The molecule has 1 unspecified atom stereocenters. The first-order chi connectivity index (χ1) is 10.6.